The number of rotatable bonds is 10. The number of para-hydroxylation sites is 1. The largest absolute Gasteiger partial charge is 0.487 e. The molecule has 1 saturated carbocycles. The van der Waals surface area contributed by atoms with Gasteiger partial charge >= 0.3 is 11.9 Å². The highest BCUT2D eigenvalue weighted by Gasteiger charge is 2.33. The lowest BCUT2D eigenvalue weighted by Gasteiger charge is -2.22. The highest BCUT2D eigenvalue weighted by Crippen LogP contribution is 2.38. The molecule has 0 N–H and O–H groups in total. The summed E-state index contributed by atoms with van der Waals surface area (Å²) in [7, 11) is 0. The van der Waals surface area contributed by atoms with Crippen LogP contribution in [0.5, 0.6) is 5.75 Å². The average molecular weight is 510 g/mol. The van der Waals surface area contributed by atoms with Gasteiger partial charge in [-0.1, -0.05) is 79.6 Å². The van der Waals surface area contributed by atoms with Crippen molar-refractivity contribution < 1.29 is 23.8 Å². The maximum atomic E-state index is 13.1. The molecule has 1 atom stereocenters. The third-order valence-corrected chi connectivity index (χ3v) is 6.98. The third kappa shape index (κ3) is 6.57. The van der Waals surface area contributed by atoms with E-state index in [2.05, 4.69) is 4.98 Å². The van der Waals surface area contributed by atoms with Gasteiger partial charge in [0.1, 0.15) is 19.0 Å². The summed E-state index contributed by atoms with van der Waals surface area (Å²) >= 11 is 0. The number of carbonyl (C=O) groups is 2. The van der Waals surface area contributed by atoms with Gasteiger partial charge in [0, 0.05) is 5.39 Å². The first-order valence-corrected chi connectivity index (χ1v) is 13.1. The van der Waals surface area contributed by atoms with Gasteiger partial charge in [-0.05, 0) is 54.2 Å². The maximum Gasteiger partial charge on any atom is 0.344 e. The molecule has 0 bridgehead atoms. The van der Waals surface area contributed by atoms with Crippen molar-refractivity contribution in [2.24, 2.45) is 5.92 Å². The molecule has 0 spiro atoms. The van der Waals surface area contributed by atoms with Gasteiger partial charge in [-0.3, -0.25) is 4.79 Å². The standard InChI is InChI=1S/C32H31NO5/c34-30(37-20-23-8-2-1-3-9-23)22-38-32(35)31(25-11-4-5-12-25)26-15-18-28(19-16-26)36-21-27-17-14-24-10-6-7-13-29(24)33-27/h1-3,6-10,13-19,25,31H,4-5,11-12,20-22H2. The Hall–Kier alpha value is -4.19. The highest BCUT2D eigenvalue weighted by molar-refractivity contribution is 5.82. The molecule has 6 heteroatoms. The lowest BCUT2D eigenvalue weighted by molar-refractivity contribution is -0.161. The first kappa shape index (κ1) is 25.5. The van der Waals surface area contributed by atoms with Gasteiger partial charge in [0.05, 0.1) is 17.1 Å². The number of aromatic nitrogens is 1. The normalized spacial score (nSPS) is 14.2. The van der Waals surface area contributed by atoms with Crippen molar-refractivity contribution in [2.45, 2.75) is 44.8 Å². The van der Waals surface area contributed by atoms with Crippen molar-refractivity contribution in [1.29, 1.82) is 0 Å². The lowest BCUT2D eigenvalue weighted by atomic mass is 9.85. The molecule has 0 radical (unpaired) electrons. The number of esters is 2. The SMILES string of the molecule is O=C(COC(=O)C(c1ccc(OCc2ccc3ccccc3n2)cc1)C1CCCC1)OCc1ccccc1. The molecule has 0 saturated heterocycles. The fraction of sp³-hybridized carbons (Fsp3) is 0.281. The summed E-state index contributed by atoms with van der Waals surface area (Å²) in [6.45, 7) is 0.109. The average Bonchev–Trinajstić information content (AvgIpc) is 3.49. The molecule has 0 amide bonds. The van der Waals surface area contributed by atoms with Crippen LogP contribution in [0, 0.1) is 5.92 Å². The molecule has 1 heterocycles. The van der Waals surface area contributed by atoms with Gasteiger partial charge in [-0.15, -0.1) is 0 Å². The number of pyridine rings is 1. The van der Waals surface area contributed by atoms with Crippen molar-refractivity contribution in [1.82, 2.24) is 4.98 Å². The summed E-state index contributed by atoms with van der Waals surface area (Å²) in [5.41, 5.74) is 3.54. The quantitative estimate of drug-likeness (QED) is 0.231. The van der Waals surface area contributed by atoms with Crippen LogP contribution in [0.25, 0.3) is 10.9 Å². The molecule has 1 fully saturated rings. The van der Waals surface area contributed by atoms with E-state index in [1.807, 2.05) is 91.0 Å². The van der Waals surface area contributed by atoms with Crippen molar-refractivity contribution >= 4 is 22.8 Å². The summed E-state index contributed by atoms with van der Waals surface area (Å²) in [4.78, 5) is 30.0. The van der Waals surface area contributed by atoms with E-state index < -0.39 is 18.5 Å². The van der Waals surface area contributed by atoms with E-state index in [9.17, 15) is 9.59 Å². The molecule has 4 aromatic rings. The van der Waals surface area contributed by atoms with Crippen LogP contribution in [0.4, 0.5) is 0 Å². The Bertz CT molecular complexity index is 1360. The Morgan fingerprint density at radius 2 is 1.53 bits per heavy atom. The van der Waals surface area contributed by atoms with E-state index in [1.165, 1.54) is 0 Å². The van der Waals surface area contributed by atoms with E-state index in [1.54, 1.807) is 0 Å². The van der Waals surface area contributed by atoms with Crippen LogP contribution in [0.15, 0.2) is 91.0 Å². The molecule has 6 nitrogen and oxygen atoms in total. The predicted octanol–water partition coefficient (Wildman–Crippen LogP) is 6.37. The van der Waals surface area contributed by atoms with Gasteiger partial charge in [0.25, 0.3) is 0 Å². The van der Waals surface area contributed by atoms with Crippen molar-refractivity contribution in [2.75, 3.05) is 6.61 Å². The second-order valence-electron chi connectivity index (χ2n) is 9.63. The lowest BCUT2D eigenvalue weighted by Crippen LogP contribution is -2.25. The molecule has 1 unspecified atom stereocenters. The summed E-state index contributed by atoms with van der Waals surface area (Å²) in [6.07, 6.45) is 4.11. The summed E-state index contributed by atoms with van der Waals surface area (Å²) in [5.74, 6) is -0.472. The Morgan fingerprint density at radius 3 is 2.32 bits per heavy atom. The number of hydrogen-bond donors (Lipinski definition) is 0. The monoisotopic (exact) mass is 509 g/mol. The number of nitrogens with zero attached hydrogens (tertiary/aromatic N) is 1. The van der Waals surface area contributed by atoms with Crippen molar-refractivity contribution in [3.63, 3.8) is 0 Å². The zero-order valence-electron chi connectivity index (χ0n) is 21.3. The maximum absolute atomic E-state index is 13.1. The molecular weight excluding hydrogens is 478 g/mol. The summed E-state index contributed by atoms with van der Waals surface area (Å²) in [6, 6.07) is 29.0. The van der Waals surface area contributed by atoms with E-state index in [4.69, 9.17) is 14.2 Å². The number of fused-ring (bicyclic) bond motifs is 1. The Kier molecular flexibility index (Phi) is 8.29. The Balaban J connectivity index is 1.18. The van der Waals surface area contributed by atoms with Crippen molar-refractivity contribution in [3.05, 3.63) is 108 Å². The van der Waals surface area contributed by atoms with Crippen LogP contribution in [0.2, 0.25) is 0 Å². The molecular formula is C32H31NO5. The summed E-state index contributed by atoms with van der Waals surface area (Å²) < 4.78 is 16.7. The summed E-state index contributed by atoms with van der Waals surface area (Å²) in [5, 5.41) is 1.09. The minimum absolute atomic E-state index is 0.152. The van der Waals surface area contributed by atoms with Gasteiger partial charge < -0.3 is 14.2 Å². The second kappa shape index (κ2) is 12.4. The van der Waals surface area contributed by atoms with Crippen LogP contribution in [0.1, 0.15) is 48.4 Å². The molecule has 194 valence electrons. The molecule has 1 aromatic heterocycles. The molecule has 0 aliphatic heterocycles. The molecule has 3 aromatic carbocycles. The predicted molar refractivity (Wildman–Crippen MR) is 144 cm³/mol. The topological polar surface area (TPSA) is 74.7 Å². The molecule has 1 aliphatic rings. The minimum atomic E-state index is -0.557. The van der Waals surface area contributed by atoms with Crippen molar-refractivity contribution in [3.8, 4) is 5.75 Å². The van der Waals surface area contributed by atoms with Gasteiger partial charge in [0.2, 0.25) is 0 Å². The van der Waals surface area contributed by atoms with Crippen LogP contribution in [0.3, 0.4) is 0 Å². The third-order valence-electron chi connectivity index (χ3n) is 6.98. The smallest absolute Gasteiger partial charge is 0.344 e. The first-order chi connectivity index (χ1) is 18.7. The second-order valence-corrected chi connectivity index (χ2v) is 9.63. The van der Waals surface area contributed by atoms with E-state index >= 15 is 0 Å². The molecule has 1 aliphatic carbocycles. The fourth-order valence-electron chi connectivity index (χ4n) is 5.01. The van der Waals surface area contributed by atoms with E-state index in [0.29, 0.717) is 12.4 Å². The van der Waals surface area contributed by atoms with Crippen LogP contribution < -0.4 is 4.74 Å². The first-order valence-electron chi connectivity index (χ1n) is 13.1. The van der Waals surface area contributed by atoms with Gasteiger partial charge in [-0.2, -0.15) is 0 Å². The zero-order chi connectivity index (χ0) is 26.2. The minimum Gasteiger partial charge on any atom is -0.487 e. The fourth-order valence-corrected chi connectivity index (χ4v) is 5.01. The van der Waals surface area contributed by atoms with Gasteiger partial charge in [0.15, 0.2) is 6.61 Å². The van der Waals surface area contributed by atoms with Gasteiger partial charge in [-0.25, -0.2) is 9.78 Å². The highest BCUT2D eigenvalue weighted by atomic mass is 16.6. The van der Waals surface area contributed by atoms with Crippen LogP contribution in [-0.4, -0.2) is 23.5 Å². The molecule has 5 rings (SSSR count). The Morgan fingerprint density at radius 1 is 0.789 bits per heavy atom. The number of ether oxygens (including phenoxy) is 3. The number of carbonyl (C=O) groups excluding carboxylic acids is 2. The van der Waals surface area contributed by atoms with E-state index in [-0.39, 0.29) is 18.5 Å². The van der Waals surface area contributed by atoms with E-state index in [0.717, 1.165) is 53.4 Å². The van der Waals surface area contributed by atoms with Crippen LogP contribution in [-0.2, 0) is 32.3 Å². The number of hydrogen-bond acceptors (Lipinski definition) is 6. The van der Waals surface area contributed by atoms with Crippen LogP contribution >= 0.6 is 0 Å². The molecule has 38 heavy (non-hydrogen) atoms. The Labute approximate surface area is 222 Å². The number of benzene rings is 3. The zero-order valence-corrected chi connectivity index (χ0v) is 21.3.